The molecule has 0 saturated heterocycles. The quantitative estimate of drug-likeness (QED) is 0.600. The standard InChI is InChI=1S/C19H12Cl2O3P/c20-14-8-5-9-15(21)18(14)19(22)25(23)17-11-4-2-7-13(17)12-6-1-3-10-16(12)24-25/h1-11,23H/q+1. The van der Waals surface area contributed by atoms with Gasteiger partial charge in [-0.3, -0.25) is 0 Å². The van der Waals surface area contributed by atoms with Crippen LogP contribution in [0.15, 0.2) is 66.7 Å². The number of rotatable bonds is 2. The van der Waals surface area contributed by atoms with Gasteiger partial charge in [0.2, 0.25) is 0 Å². The van der Waals surface area contributed by atoms with E-state index in [2.05, 4.69) is 0 Å². The lowest BCUT2D eigenvalue weighted by molar-refractivity contribution is 0.105. The van der Waals surface area contributed by atoms with Gasteiger partial charge in [0.1, 0.15) is 5.56 Å². The number of para-hydroxylation sites is 1. The molecule has 0 saturated carbocycles. The molecule has 0 aromatic heterocycles. The Labute approximate surface area is 155 Å². The van der Waals surface area contributed by atoms with Gasteiger partial charge in [0.05, 0.1) is 10.0 Å². The maximum Gasteiger partial charge on any atom is 0.424 e. The van der Waals surface area contributed by atoms with Crippen molar-refractivity contribution in [1.82, 2.24) is 0 Å². The summed E-state index contributed by atoms with van der Waals surface area (Å²) in [6.07, 6.45) is 0. The van der Waals surface area contributed by atoms with Crippen LogP contribution in [-0.2, 0) is 0 Å². The van der Waals surface area contributed by atoms with Crippen molar-refractivity contribution in [3.63, 3.8) is 0 Å². The van der Waals surface area contributed by atoms with Gasteiger partial charge in [-0.1, -0.05) is 65.7 Å². The van der Waals surface area contributed by atoms with E-state index >= 15 is 0 Å². The van der Waals surface area contributed by atoms with Gasteiger partial charge in [0.25, 0.3) is 0 Å². The Bertz CT molecular complexity index is 985. The van der Waals surface area contributed by atoms with Crippen LogP contribution in [0.25, 0.3) is 11.1 Å². The first kappa shape index (κ1) is 16.6. The molecule has 0 fully saturated rings. The lowest BCUT2D eigenvalue weighted by Crippen LogP contribution is -2.28. The number of carbonyl (C=O) groups is 1. The normalized spacial score (nSPS) is 18.0. The van der Waals surface area contributed by atoms with E-state index in [0.29, 0.717) is 11.1 Å². The van der Waals surface area contributed by atoms with Crippen LogP contribution in [0.3, 0.4) is 0 Å². The molecule has 1 heterocycles. The fourth-order valence-corrected chi connectivity index (χ4v) is 5.83. The van der Waals surface area contributed by atoms with Gasteiger partial charge in [0.15, 0.2) is 11.1 Å². The van der Waals surface area contributed by atoms with Gasteiger partial charge >= 0.3 is 13.2 Å². The molecule has 0 spiro atoms. The number of fused-ring (bicyclic) bond motifs is 3. The van der Waals surface area contributed by atoms with Crippen molar-refractivity contribution in [2.75, 3.05) is 0 Å². The predicted octanol–water partition coefficient (Wildman–Crippen LogP) is 5.36. The summed E-state index contributed by atoms with van der Waals surface area (Å²) in [6.45, 7) is 0. The molecule has 1 atom stereocenters. The smallest absolute Gasteiger partial charge is 0.304 e. The average molecular weight is 390 g/mol. The Morgan fingerprint density at radius 3 is 2.16 bits per heavy atom. The summed E-state index contributed by atoms with van der Waals surface area (Å²) in [7, 11) is -3.66. The van der Waals surface area contributed by atoms with Gasteiger partial charge in [-0.05, 0) is 24.3 Å². The third-order valence-corrected chi connectivity index (χ3v) is 7.00. The van der Waals surface area contributed by atoms with E-state index in [1.165, 1.54) is 0 Å². The lowest BCUT2D eigenvalue weighted by Gasteiger charge is -2.25. The van der Waals surface area contributed by atoms with Crippen LogP contribution < -0.4 is 9.83 Å². The van der Waals surface area contributed by atoms with Crippen molar-refractivity contribution in [1.29, 1.82) is 0 Å². The molecule has 3 aromatic rings. The van der Waals surface area contributed by atoms with Crippen LogP contribution in [0.2, 0.25) is 10.0 Å². The highest BCUT2D eigenvalue weighted by Gasteiger charge is 2.57. The van der Waals surface area contributed by atoms with E-state index in [1.807, 2.05) is 24.3 Å². The van der Waals surface area contributed by atoms with Crippen molar-refractivity contribution >= 4 is 41.7 Å². The number of benzene rings is 3. The molecule has 0 amide bonds. The highest BCUT2D eigenvalue weighted by Crippen LogP contribution is 2.63. The number of hydrogen-bond donors (Lipinski definition) is 1. The highest BCUT2D eigenvalue weighted by molar-refractivity contribution is 7.89. The van der Waals surface area contributed by atoms with Gasteiger partial charge in [-0.25, -0.2) is 4.79 Å². The maximum atomic E-state index is 13.2. The molecule has 124 valence electrons. The molecule has 0 bridgehead atoms. The van der Waals surface area contributed by atoms with Gasteiger partial charge in [0, 0.05) is 11.1 Å². The summed E-state index contributed by atoms with van der Waals surface area (Å²) >= 11 is 12.4. The molecule has 1 unspecified atom stereocenters. The number of halogens is 2. The first-order valence-electron chi connectivity index (χ1n) is 7.51. The minimum Gasteiger partial charge on any atom is -0.304 e. The zero-order chi connectivity index (χ0) is 17.6. The van der Waals surface area contributed by atoms with E-state index in [9.17, 15) is 9.69 Å². The molecule has 3 nitrogen and oxygen atoms in total. The van der Waals surface area contributed by atoms with Crippen LogP contribution in [0.4, 0.5) is 0 Å². The minimum atomic E-state index is -3.66. The van der Waals surface area contributed by atoms with E-state index in [1.54, 1.807) is 42.5 Å². The Hall–Kier alpha value is -1.90. The SMILES string of the molecule is O=C(c1c(Cl)cccc1Cl)[P+]1(O)Oc2ccccc2-c2ccccc21. The monoisotopic (exact) mass is 389 g/mol. The van der Waals surface area contributed by atoms with Crippen LogP contribution >= 0.6 is 30.9 Å². The Morgan fingerprint density at radius 1 is 0.840 bits per heavy atom. The maximum absolute atomic E-state index is 13.2. The van der Waals surface area contributed by atoms with E-state index in [4.69, 9.17) is 27.7 Å². The summed E-state index contributed by atoms with van der Waals surface area (Å²) in [4.78, 5) is 24.6. The first-order chi connectivity index (χ1) is 12.0. The average Bonchev–Trinajstić information content (AvgIpc) is 2.62. The summed E-state index contributed by atoms with van der Waals surface area (Å²) in [5.41, 5.74) is 1.10. The van der Waals surface area contributed by atoms with Crippen LogP contribution in [0, 0.1) is 0 Å². The molecule has 1 aliphatic heterocycles. The fraction of sp³-hybridized carbons (Fsp3) is 0. The van der Waals surface area contributed by atoms with Crippen LogP contribution in [0.1, 0.15) is 10.4 Å². The lowest BCUT2D eigenvalue weighted by atomic mass is 10.0. The number of hydrogen-bond acceptors (Lipinski definition) is 3. The molecule has 1 N–H and O–H groups in total. The Balaban J connectivity index is 1.95. The second-order valence-electron chi connectivity index (χ2n) is 5.58. The van der Waals surface area contributed by atoms with Crippen molar-refractivity contribution < 1.29 is 14.2 Å². The van der Waals surface area contributed by atoms with Crippen molar-refractivity contribution in [2.45, 2.75) is 0 Å². The van der Waals surface area contributed by atoms with Gasteiger partial charge in [-0.2, -0.15) is 4.89 Å². The van der Waals surface area contributed by atoms with Crippen molar-refractivity contribution in [2.24, 2.45) is 0 Å². The molecule has 3 aromatic carbocycles. The zero-order valence-corrected chi connectivity index (χ0v) is 15.2. The molecule has 6 heteroatoms. The highest BCUT2D eigenvalue weighted by atomic mass is 35.5. The van der Waals surface area contributed by atoms with E-state index in [-0.39, 0.29) is 15.6 Å². The minimum absolute atomic E-state index is 0.0795. The molecular weight excluding hydrogens is 378 g/mol. The summed E-state index contributed by atoms with van der Waals surface area (Å²) in [5, 5.41) is 0.839. The van der Waals surface area contributed by atoms with Crippen LogP contribution in [0.5, 0.6) is 5.75 Å². The van der Waals surface area contributed by atoms with Crippen molar-refractivity contribution in [3.05, 3.63) is 82.3 Å². The van der Waals surface area contributed by atoms with Gasteiger partial charge in [-0.15, -0.1) is 0 Å². The summed E-state index contributed by atoms with van der Waals surface area (Å²) in [6, 6.07) is 19.3. The van der Waals surface area contributed by atoms with Crippen molar-refractivity contribution in [3.8, 4) is 16.9 Å². The zero-order valence-electron chi connectivity index (χ0n) is 12.8. The predicted molar refractivity (Wildman–Crippen MR) is 102 cm³/mol. The number of carbonyl (C=O) groups excluding carboxylic acids is 1. The Kier molecular flexibility index (Phi) is 4.05. The third-order valence-electron chi connectivity index (χ3n) is 4.09. The molecule has 0 radical (unpaired) electrons. The Morgan fingerprint density at radius 2 is 1.44 bits per heavy atom. The van der Waals surface area contributed by atoms with E-state index in [0.717, 1.165) is 11.1 Å². The molecular formula is C19H12Cl2O3P+. The van der Waals surface area contributed by atoms with Gasteiger partial charge < -0.3 is 4.52 Å². The van der Waals surface area contributed by atoms with E-state index < -0.39 is 13.2 Å². The molecule has 1 aliphatic rings. The summed E-state index contributed by atoms with van der Waals surface area (Å²) < 4.78 is 5.87. The van der Waals surface area contributed by atoms with Crippen LogP contribution in [-0.4, -0.2) is 10.4 Å². The third kappa shape index (κ3) is 2.56. The summed E-state index contributed by atoms with van der Waals surface area (Å²) in [5.74, 6) is 0.466. The molecule has 0 aliphatic carbocycles. The fourth-order valence-electron chi connectivity index (χ4n) is 2.93. The second kappa shape index (κ2) is 6.12. The first-order valence-corrected chi connectivity index (χ1v) is 9.93. The topological polar surface area (TPSA) is 46.5 Å². The second-order valence-corrected chi connectivity index (χ2v) is 8.62. The largest absolute Gasteiger partial charge is 0.424 e. The molecule has 4 rings (SSSR count). The molecule has 25 heavy (non-hydrogen) atoms.